The van der Waals surface area contributed by atoms with Crippen LogP contribution >= 0.6 is 36.6 Å². The quantitative estimate of drug-likeness (QED) is 0.721. The second-order valence-electron chi connectivity index (χ2n) is 4.98. The maximum Gasteiger partial charge on any atom is 0.416 e. The molecule has 2 aromatic rings. The largest absolute Gasteiger partial charge is 0.416 e. The van der Waals surface area contributed by atoms with Crippen LogP contribution < -0.4 is 11.1 Å². The molecule has 0 radical (unpaired) electrons. The van der Waals surface area contributed by atoms with Crippen LogP contribution in [0, 0.1) is 0 Å². The molecule has 0 bridgehead atoms. The number of pyridine rings is 1. The molecule has 2 rings (SSSR count). The molecule has 0 unspecified atom stereocenters. The molecule has 0 aliphatic rings. The van der Waals surface area contributed by atoms with Crippen molar-refractivity contribution in [3.05, 3.63) is 59.4 Å². The van der Waals surface area contributed by atoms with E-state index in [9.17, 15) is 18.0 Å². The van der Waals surface area contributed by atoms with Crippen molar-refractivity contribution < 1.29 is 18.0 Å². The summed E-state index contributed by atoms with van der Waals surface area (Å²) in [5.74, 6) is 0.286. The van der Waals surface area contributed by atoms with Crippen LogP contribution in [0.2, 0.25) is 0 Å². The van der Waals surface area contributed by atoms with Crippen LogP contribution in [0.25, 0.3) is 0 Å². The van der Waals surface area contributed by atoms with E-state index in [0.717, 1.165) is 17.8 Å². The molecule has 0 saturated carbocycles. The Kier molecular flexibility index (Phi) is 10.6. The van der Waals surface area contributed by atoms with Gasteiger partial charge >= 0.3 is 6.18 Å². The topological polar surface area (TPSA) is 68.0 Å². The van der Waals surface area contributed by atoms with Gasteiger partial charge in [0.25, 0.3) is 0 Å². The molecule has 1 amide bonds. The van der Waals surface area contributed by atoms with Gasteiger partial charge in [-0.25, -0.2) is 0 Å². The Bertz CT molecular complexity index is 703. The number of aromatic nitrogens is 1. The number of nitrogens with zero attached hydrogens (tertiary/aromatic N) is 1. The van der Waals surface area contributed by atoms with E-state index in [1.165, 1.54) is 17.8 Å². The summed E-state index contributed by atoms with van der Waals surface area (Å²) in [5, 5.41) is 2.48. The summed E-state index contributed by atoms with van der Waals surface area (Å²) in [6.07, 6.45) is -2.83. The number of hydrogen-bond donors (Lipinski definition) is 2. The monoisotopic (exact) mass is 427 g/mol. The van der Waals surface area contributed by atoms with Crippen molar-refractivity contribution in [2.45, 2.75) is 18.5 Å². The average Bonchev–Trinajstić information content (AvgIpc) is 2.54. The fraction of sp³-hybridized carbons (Fsp3) is 0.250. The van der Waals surface area contributed by atoms with E-state index in [4.69, 9.17) is 5.73 Å². The van der Waals surface area contributed by atoms with Gasteiger partial charge in [-0.05, 0) is 35.9 Å². The van der Waals surface area contributed by atoms with Gasteiger partial charge in [0.2, 0.25) is 5.91 Å². The van der Waals surface area contributed by atoms with E-state index in [-0.39, 0.29) is 48.7 Å². The summed E-state index contributed by atoms with van der Waals surface area (Å²) < 4.78 is 38.5. The molecule has 1 heterocycles. The summed E-state index contributed by atoms with van der Waals surface area (Å²) in [6, 6.07) is 8.80. The standard InChI is InChI=1S/C16H16F3N3OS.2ClH/c17-16(18,19)12-5-11(8-20)6-14(7-12)22-15(23)10-24-9-13-3-1-2-4-21-13;;/h1-7H,8-10,20H2,(H,22,23);2*1H. The van der Waals surface area contributed by atoms with Crippen LogP contribution in [-0.2, 0) is 23.3 Å². The van der Waals surface area contributed by atoms with E-state index in [1.54, 1.807) is 12.3 Å². The number of nitrogens with two attached hydrogens (primary N) is 1. The zero-order valence-corrected chi connectivity index (χ0v) is 15.9. The third kappa shape index (κ3) is 7.82. The van der Waals surface area contributed by atoms with Crippen molar-refractivity contribution in [1.29, 1.82) is 0 Å². The fourth-order valence-electron chi connectivity index (χ4n) is 1.97. The van der Waals surface area contributed by atoms with Crippen LogP contribution in [0.3, 0.4) is 0 Å². The zero-order chi connectivity index (χ0) is 17.6. The normalized spacial score (nSPS) is 10.5. The summed E-state index contributed by atoms with van der Waals surface area (Å²) in [5.41, 5.74) is 5.81. The number of nitrogens with one attached hydrogen (secondary N) is 1. The summed E-state index contributed by atoms with van der Waals surface area (Å²) >= 11 is 1.33. The molecule has 0 aliphatic carbocycles. The Balaban J connectivity index is 0.00000312. The minimum atomic E-state index is -4.49. The number of alkyl halides is 3. The number of thioether (sulfide) groups is 1. The van der Waals surface area contributed by atoms with E-state index < -0.39 is 11.7 Å². The summed E-state index contributed by atoms with van der Waals surface area (Å²) in [4.78, 5) is 16.0. The Labute approximate surface area is 166 Å². The van der Waals surface area contributed by atoms with Crippen molar-refractivity contribution in [2.24, 2.45) is 5.73 Å². The number of amides is 1. The third-order valence-electron chi connectivity index (χ3n) is 3.05. The zero-order valence-electron chi connectivity index (χ0n) is 13.5. The Morgan fingerprint density at radius 1 is 1.19 bits per heavy atom. The predicted molar refractivity (Wildman–Crippen MR) is 103 cm³/mol. The van der Waals surface area contributed by atoms with Crippen LogP contribution in [0.15, 0.2) is 42.6 Å². The van der Waals surface area contributed by atoms with Crippen LogP contribution in [0.1, 0.15) is 16.8 Å². The summed E-state index contributed by atoms with van der Waals surface area (Å²) in [7, 11) is 0. The Morgan fingerprint density at radius 3 is 2.50 bits per heavy atom. The molecule has 4 nitrogen and oxygen atoms in total. The predicted octanol–water partition coefficient (Wildman–Crippen LogP) is 4.27. The SMILES string of the molecule is Cl.Cl.NCc1cc(NC(=O)CSCc2ccccn2)cc(C(F)(F)F)c1. The van der Waals surface area contributed by atoms with E-state index >= 15 is 0 Å². The molecule has 0 fully saturated rings. The van der Waals surface area contributed by atoms with Gasteiger partial charge in [-0.3, -0.25) is 9.78 Å². The Morgan fingerprint density at radius 2 is 1.92 bits per heavy atom. The number of carbonyl (C=O) groups excluding carboxylic acids is 1. The van der Waals surface area contributed by atoms with Gasteiger partial charge in [-0.15, -0.1) is 36.6 Å². The molecule has 26 heavy (non-hydrogen) atoms. The van der Waals surface area contributed by atoms with Gasteiger partial charge in [0, 0.05) is 24.2 Å². The molecule has 0 saturated heterocycles. The van der Waals surface area contributed by atoms with E-state index in [2.05, 4.69) is 10.3 Å². The number of benzene rings is 1. The smallest absolute Gasteiger partial charge is 0.326 e. The number of hydrogen-bond acceptors (Lipinski definition) is 4. The first-order chi connectivity index (χ1) is 11.4. The third-order valence-corrected chi connectivity index (χ3v) is 4.02. The maximum atomic E-state index is 12.8. The molecular formula is C16H18Cl2F3N3OS. The van der Waals surface area contributed by atoms with Crippen LogP contribution in [0.5, 0.6) is 0 Å². The van der Waals surface area contributed by atoms with Gasteiger partial charge in [-0.1, -0.05) is 6.07 Å². The molecular weight excluding hydrogens is 410 g/mol. The van der Waals surface area contributed by atoms with Crippen molar-refractivity contribution in [2.75, 3.05) is 11.1 Å². The molecule has 10 heteroatoms. The van der Waals surface area contributed by atoms with Crippen LogP contribution in [-0.4, -0.2) is 16.6 Å². The van der Waals surface area contributed by atoms with Crippen molar-refractivity contribution in [3.63, 3.8) is 0 Å². The van der Waals surface area contributed by atoms with Crippen molar-refractivity contribution in [3.8, 4) is 0 Å². The van der Waals surface area contributed by atoms with Gasteiger partial charge in [0.1, 0.15) is 0 Å². The van der Waals surface area contributed by atoms with E-state index in [0.29, 0.717) is 11.3 Å². The minimum absolute atomic E-state index is 0. The highest BCUT2D eigenvalue weighted by Crippen LogP contribution is 2.32. The minimum Gasteiger partial charge on any atom is -0.326 e. The number of rotatable bonds is 6. The molecule has 1 aromatic carbocycles. The average molecular weight is 428 g/mol. The highest BCUT2D eigenvalue weighted by molar-refractivity contribution is 7.99. The lowest BCUT2D eigenvalue weighted by Crippen LogP contribution is -2.16. The highest BCUT2D eigenvalue weighted by atomic mass is 35.5. The highest BCUT2D eigenvalue weighted by Gasteiger charge is 2.31. The second-order valence-corrected chi connectivity index (χ2v) is 5.97. The first-order valence-corrected chi connectivity index (χ1v) is 8.22. The molecule has 144 valence electrons. The lowest BCUT2D eigenvalue weighted by atomic mass is 10.1. The second kappa shape index (κ2) is 11.3. The first-order valence-electron chi connectivity index (χ1n) is 7.07. The van der Waals surface area contributed by atoms with Gasteiger partial charge in [0.05, 0.1) is 17.0 Å². The molecule has 0 spiro atoms. The number of carbonyl (C=O) groups is 1. The Hall–Kier alpha value is -1.48. The number of anilines is 1. The maximum absolute atomic E-state index is 12.8. The van der Waals surface area contributed by atoms with E-state index in [1.807, 2.05) is 12.1 Å². The first kappa shape index (κ1) is 24.5. The molecule has 1 aromatic heterocycles. The summed E-state index contributed by atoms with van der Waals surface area (Å²) in [6.45, 7) is -0.0405. The van der Waals surface area contributed by atoms with Gasteiger partial charge in [0.15, 0.2) is 0 Å². The van der Waals surface area contributed by atoms with Gasteiger partial charge in [-0.2, -0.15) is 13.2 Å². The van der Waals surface area contributed by atoms with Crippen molar-refractivity contribution in [1.82, 2.24) is 4.98 Å². The fourth-order valence-corrected chi connectivity index (χ4v) is 2.71. The molecule has 0 atom stereocenters. The molecule has 0 aliphatic heterocycles. The van der Waals surface area contributed by atoms with Crippen LogP contribution in [0.4, 0.5) is 18.9 Å². The van der Waals surface area contributed by atoms with Crippen molar-refractivity contribution >= 4 is 48.2 Å². The van der Waals surface area contributed by atoms with Gasteiger partial charge < -0.3 is 11.1 Å². The number of halogens is 5. The lowest BCUT2D eigenvalue weighted by Gasteiger charge is -2.12. The lowest BCUT2D eigenvalue weighted by molar-refractivity contribution is -0.137. The molecule has 3 N–H and O–H groups in total.